The lowest BCUT2D eigenvalue weighted by atomic mass is 10.2. The lowest BCUT2D eigenvalue weighted by Gasteiger charge is -2.19. The van der Waals surface area contributed by atoms with Crippen molar-refractivity contribution >= 4 is 28.8 Å². The summed E-state index contributed by atoms with van der Waals surface area (Å²) in [6.07, 6.45) is 0. The second-order valence-electron chi connectivity index (χ2n) is 3.83. The molecule has 0 fully saturated rings. The Bertz CT molecular complexity index is 430. The van der Waals surface area contributed by atoms with Gasteiger partial charge in [-0.05, 0) is 26.0 Å². The highest BCUT2D eigenvalue weighted by Crippen LogP contribution is 2.14. The maximum absolute atomic E-state index is 11.9. The number of likely N-dealkylation sites (N-methyl/N-ethyl adjacent to an activating group) is 1. The zero-order valence-electron chi connectivity index (χ0n) is 10.8. The number of hydrogen-bond acceptors (Lipinski definition) is 3. The number of benzene rings is 1. The van der Waals surface area contributed by atoms with Gasteiger partial charge in [0.1, 0.15) is 4.99 Å². The minimum atomic E-state index is 0.0674. The quantitative estimate of drug-likeness (QED) is 0.767. The van der Waals surface area contributed by atoms with Gasteiger partial charge >= 0.3 is 0 Å². The fraction of sp³-hybridized carbons (Fsp3) is 0.385. The van der Waals surface area contributed by atoms with Crippen LogP contribution in [0.1, 0.15) is 19.4 Å². The molecular weight excluding hydrogens is 246 g/mol. The largest absolute Gasteiger partial charge is 0.389 e. The van der Waals surface area contributed by atoms with Crippen LogP contribution >= 0.6 is 12.2 Å². The zero-order valence-corrected chi connectivity index (χ0v) is 11.6. The van der Waals surface area contributed by atoms with E-state index in [0.29, 0.717) is 18.1 Å². The number of anilines is 1. The summed E-state index contributed by atoms with van der Waals surface area (Å²) in [4.78, 5) is 14.0. The maximum Gasteiger partial charge on any atom is 0.241 e. The van der Waals surface area contributed by atoms with E-state index in [-0.39, 0.29) is 12.5 Å². The van der Waals surface area contributed by atoms with Gasteiger partial charge in [-0.2, -0.15) is 0 Å². The first-order chi connectivity index (χ1) is 8.60. The SMILES string of the molecule is CCN(CC)C(=O)CNc1ccccc1C(N)=S. The Balaban J connectivity index is 2.69. The van der Waals surface area contributed by atoms with Crippen LogP contribution in [-0.2, 0) is 4.79 Å². The number of hydrogen-bond donors (Lipinski definition) is 2. The third kappa shape index (κ3) is 3.70. The summed E-state index contributed by atoms with van der Waals surface area (Å²) in [6.45, 7) is 5.61. The highest BCUT2D eigenvalue weighted by Gasteiger charge is 2.10. The molecule has 4 nitrogen and oxygen atoms in total. The van der Waals surface area contributed by atoms with Crippen LogP contribution in [0.5, 0.6) is 0 Å². The molecular formula is C13H19N3OS. The number of para-hydroxylation sites is 1. The fourth-order valence-corrected chi connectivity index (χ4v) is 1.89. The van der Waals surface area contributed by atoms with E-state index in [0.717, 1.165) is 11.3 Å². The Morgan fingerprint density at radius 2 is 1.94 bits per heavy atom. The molecule has 98 valence electrons. The molecule has 0 heterocycles. The molecule has 1 rings (SSSR count). The van der Waals surface area contributed by atoms with E-state index < -0.39 is 0 Å². The number of carbonyl (C=O) groups is 1. The van der Waals surface area contributed by atoms with E-state index in [2.05, 4.69) is 5.32 Å². The molecule has 0 spiro atoms. The van der Waals surface area contributed by atoms with Gasteiger partial charge in [0.05, 0.1) is 6.54 Å². The topological polar surface area (TPSA) is 58.4 Å². The molecule has 0 atom stereocenters. The first-order valence-electron chi connectivity index (χ1n) is 6.00. The van der Waals surface area contributed by atoms with Crippen molar-refractivity contribution < 1.29 is 4.79 Å². The van der Waals surface area contributed by atoms with Crippen LogP contribution in [0.25, 0.3) is 0 Å². The predicted molar refractivity (Wildman–Crippen MR) is 78.7 cm³/mol. The van der Waals surface area contributed by atoms with Gasteiger partial charge in [-0.1, -0.05) is 24.4 Å². The first-order valence-corrected chi connectivity index (χ1v) is 6.41. The first kappa shape index (κ1) is 14.4. The van der Waals surface area contributed by atoms with Crippen molar-refractivity contribution in [3.05, 3.63) is 29.8 Å². The van der Waals surface area contributed by atoms with Crippen LogP contribution in [0, 0.1) is 0 Å². The normalized spacial score (nSPS) is 9.89. The summed E-state index contributed by atoms with van der Waals surface area (Å²) in [7, 11) is 0. The number of nitrogens with zero attached hydrogens (tertiary/aromatic N) is 1. The minimum Gasteiger partial charge on any atom is -0.389 e. The molecule has 0 saturated carbocycles. The molecule has 0 aliphatic heterocycles. The van der Waals surface area contributed by atoms with Gasteiger partial charge in [0.2, 0.25) is 5.91 Å². The molecule has 0 aliphatic carbocycles. The molecule has 0 saturated heterocycles. The van der Waals surface area contributed by atoms with E-state index in [1.807, 2.05) is 38.1 Å². The minimum absolute atomic E-state index is 0.0674. The molecule has 18 heavy (non-hydrogen) atoms. The molecule has 0 radical (unpaired) electrons. The molecule has 1 aromatic rings. The summed E-state index contributed by atoms with van der Waals surface area (Å²) in [5.74, 6) is 0.0674. The number of amides is 1. The molecule has 1 amide bonds. The van der Waals surface area contributed by atoms with Gasteiger partial charge in [0, 0.05) is 24.3 Å². The molecule has 0 aliphatic rings. The fourth-order valence-electron chi connectivity index (χ4n) is 1.71. The van der Waals surface area contributed by atoms with E-state index in [1.54, 1.807) is 4.90 Å². The number of rotatable bonds is 6. The molecule has 3 N–H and O–H groups in total. The Morgan fingerprint density at radius 3 is 2.50 bits per heavy atom. The van der Waals surface area contributed by atoms with Crippen molar-refractivity contribution in [1.82, 2.24) is 4.90 Å². The average Bonchev–Trinajstić information content (AvgIpc) is 2.38. The lowest BCUT2D eigenvalue weighted by molar-refractivity contribution is -0.128. The second kappa shape index (κ2) is 6.96. The van der Waals surface area contributed by atoms with Crippen LogP contribution in [0.15, 0.2) is 24.3 Å². The molecule has 0 unspecified atom stereocenters. The van der Waals surface area contributed by atoms with Crippen LogP contribution in [0.2, 0.25) is 0 Å². The predicted octanol–water partition coefficient (Wildman–Crippen LogP) is 1.60. The van der Waals surface area contributed by atoms with Crippen LogP contribution in [0.3, 0.4) is 0 Å². The van der Waals surface area contributed by atoms with Crippen molar-refractivity contribution in [3.63, 3.8) is 0 Å². The molecule has 0 bridgehead atoms. The summed E-state index contributed by atoms with van der Waals surface area (Å²) in [5.41, 5.74) is 7.19. The third-order valence-electron chi connectivity index (χ3n) is 2.74. The summed E-state index contributed by atoms with van der Waals surface area (Å²) < 4.78 is 0. The smallest absolute Gasteiger partial charge is 0.241 e. The van der Waals surface area contributed by atoms with Crippen molar-refractivity contribution in [1.29, 1.82) is 0 Å². The van der Waals surface area contributed by atoms with Gasteiger partial charge in [0.25, 0.3) is 0 Å². The Morgan fingerprint density at radius 1 is 1.33 bits per heavy atom. The van der Waals surface area contributed by atoms with Crippen molar-refractivity contribution in [2.24, 2.45) is 5.73 Å². The third-order valence-corrected chi connectivity index (χ3v) is 2.96. The molecule has 0 aromatic heterocycles. The lowest BCUT2D eigenvalue weighted by Crippen LogP contribution is -2.35. The number of carbonyl (C=O) groups excluding carboxylic acids is 1. The van der Waals surface area contributed by atoms with Crippen LogP contribution < -0.4 is 11.1 Å². The van der Waals surface area contributed by atoms with Crippen molar-refractivity contribution in [2.75, 3.05) is 25.0 Å². The number of nitrogens with one attached hydrogen (secondary N) is 1. The maximum atomic E-state index is 11.9. The van der Waals surface area contributed by atoms with E-state index in [4.69, 9.17) is 18.0 Å². The van der Waals surface area contributed by atoms with E-state index in [9.17, 15) is 4.79 Å². The Labute approximate surface area is 113 Å². The highest BCUT2D eigenvalue weighted by molar-refractivity contribution is 7.80. The second-order valence-corrected chi connectivity index (χ2v) is 4.27. The Kier molecular flexibility index (Phi) is 5.58. The summed E-state index contributed by atoms with van der Waals surface area (Å²) in [5, 5.41) is 3.08. The van der Waals surface area contributed by atoms with Crippen LogP contribution in [0.4, 0.5) is 5.69 Å². The van der Waals surface area contributed by atoms with E-state index in [1.165, 1.54) is 0 Å². The van der Waals surface area contributed by atoms with Gasteiger partial charge in [-0.15, -0.1) is 0 Å². The molecule has 5 heteroatoms. The molecule has 1 aromatic carbocycles. The Hall–Kier alpha value is -1.62. The highest BCUT2D eigenvalue weighted by atomic mass is 32.1. The average molecular weight is 265 g/mol. The van der Waals surface area contributed by atoms with Gasteiger partial charge in [-0.3, -0.25) is 4.79 Å². The van der Waals surface area contributed by atoms with Gasteiger partial charge in [0.15, 0.2) is 0 Å². The summed E-state index contributed by atoms with van der Waals surface area (Å²) >= 11 is 4.97. The van der Waals surface area contributed by atoms with Gasteiger partial charge in [-0.25, -0.2) is 0 Å². The van der Waals surface area contributed by atoms with Crippen LogP contribution in [-0.4, -0.2) is 35.4 Å². The number of nitrogens with two attached hydrogens (primary N) is 1. The monoisotopic (exact) mass is 265 g/mol. The number of thiocarbonyl (C=S) groups is 1. The van der Waals surface area contributed by atoms with Crippen molar-refractivity contribution in [3.8, 4) is 0 Å². The summed E-state index contributed by atoms with van der Waals surface area (Å²) in [6, 6.07) is 7.45. The van der Waals surface area contributed by atoms with E-state index >= 15 is 0 Å². The van der Waals surface area contributed by atoms with Gasteiger partial charge < -0.3 is 16.0 Å². The zero-order chi connectivity index (χ0) is 13.5. The standard InChI is InChI=1S/C13H19N3OS/c1-3-16(4-2)12(17)9-15-11-8-6-5-7-10(11)13(14)18/h5-8,15H,3-4,9H2,1-2H3,(H2,14,18). The van der Waals surface area contributed by atoms with Crippen molar-refractivity contribution in [2.45, 2.75) is 13.8 Å².